The fourth-order valence-electron chi connectivity index (χ4n) is 4.12. The smallest absolute Gasteiger partial charge is 0.258 e. The average molecular weight is 466 g/mol. The van der Waals surface area contributed by atoms with Gasteiger partial charge in [-0.3, -0.25) is 9.59 Å². The largest absolute Gasteiger partial charge is 0.321 e. The highest BCUT2D eigenvalue weighted by Crippen LogP contribution is 2.40. The Morgan fingerprint density at radius 2 is 1.76 bits per heavy atom. The summed E-state index contributed by atoms with van der Waals surface area (Å²) in [6.45, 7) is 4.95. The Hall–Kier alpha value is -3.23. The lowest BCUT2D eigenvalue weighted by atomic mass is 10.0. The number of benzene rings is 3. The second-order valence-electron chi connectivity index (χ2n) is 8.07. The number of hydrogen-bond donors (Lipinski definition) is 1. The van der Waals surface area contributed by atoms with Gasteiger partial charge < -0.3 is 10.2 Å². The van der Waals surface area contributed by atoms with Crippen LogP contribution in [0, 0.1) is 0 Å². The van der Waals surface area contributed by atoms with E-state index in [1.807, 2.05) is 32.0 Å². The van der Waals surface area contributed by atoms with Crippen molar-refractivity contribution in [3.05, 3.63) is 65.7 Å². The molecule has 1 aliphatic heterocycles. The molecule has 0 unspecified atom stereocenters. The van der Waals surface area contributed by atoms with Gasteiger partial charge in [-0.2, -0.15) is 0 Å². The number of nitrogens with zero attached hydrogens (tertiary/aromatic N) is 2. The molecule has 4 rings (SSSR count). The van der Waals surface area contributed by atoms with Crippen LogP contribution in [0.1, 0.15) is 47.4 Å². The quantitative estimate of drug-likeness (QED) is 0.531. The highest BCUT2D eigenvalue weighted by Gasteiger charge is 2.29. The second kappa shape index (κ2) is 8.96. The maximum atomic E-state index is 12.9. The molecule has 0 fully saturated rings. The van der Waals surface area contributed by atoms with E-state index in [2.05, 4.69) is 5.32 Å². The van der Waals surface area contributed by atoms with Gasteiger partial charge in [-0.25, -0.2) is 12.7 Å². The summed E-state index contributed by atoms with van der Waals surface area (Å²) >= 11 is 0. The van der Waals surface area contributed by atoms with E-state index >= 15 is 0 Å². The van der Waals surface area contributed by atoms with Gasteiger partial charge in [0.25, 0.3) is 11.8 Å². The van der Waals surface area contributed by atoms with Crippen LogP contribution in [0.5, 0.6) is 0 Å². The third-order valence-electron chi connectivity index (χ3n) is 6.00. The molecule has 3 aromatic rings. The number of anilines is 2. The molecule has 0 bridgehead atoms. The van der Waals surface area contributed by atoms with Crippen molar-refractivity contribution in [3.8, 4) is 0 Å². The van der Waals surface area contributed by atoms with Crippen LogP contribution in [0.3, 0.4) is 0 Å². The topological polar surface area (TPSA) is 86.8 Å². The summed E-state index contributed by atoms with van der Waals surface area (Å²) in [6.07, 6.45) is 1.69. The summed E-state index contributed by atoms with van der Waals surface area (Å²) in [5, 5.41) is 4.53. The minimum absolute atomic E-state index is 0.0396. The van der Waals surface area contributed by atoms with Crippen LogP contribution in [-0.2, 0) is 10.0 Å². The van der Waals surface area contributed by atoms with Gasteiger partial charge in [-0.15, -0.1) is 0 Å². The predicted molar refractivity (Wildman–Crippen MR) is 130 cm³/mol. The fraction of sp³-hybridized carbons (Fsp3) is 0.280. The number of hydrogen-bond acceptors (Lipinski definition) is 4. The molecule has 0 atom stereocenters. The molecule has 172 valence electrons. The van der Waals surface area contributed by atoms with Gasteiger partial charge in [0.2, 0.25) is 10.0 Å². The molecule has 0 saturated heterocycles. The van der Waals surface area contributed by atoms with Gasteiger partial charge in [0.05, 0.1) is 10.6 Å². The minimum Gasteiger partial charge on any atom is -0.321 e. The van der Waals surface area contributed by atoms with Gasteiger partial charge in [0.15, 0.2) is 0 Å². The SMILES string of the molecule is CCCCN(C)S(=O)(=O)c1ccc(C(=O)Nc2ccc3c4c(cccc24)C(=O)N3CC)cc1. The zero-order chi connectivity index (χ0) is 23.8. The summed E-state index contributed by atoms with van der Waals surface area (Å²) < 4.78 is 26.7. The molecule has 1 aliphatic rings. The number of carbonyl (C=O) groups excluding carboxylic acids is 2. The molecule has 0 radical (unpaired) electrons. The molecule has 3 aromatic carbocycles. The molecule has 0 aromatic heterocycles. The standard InChI is InChI=1S/C25H27N3O4S/c1-4-6-16-27(3)33(31,32)18-12-10-17(11-13-18)24(29)26-21-14-15-22-23-19(21)8-7-9-20(23)25(30)28(22)5-2/h7-15H,4-6,16H2,1-3H3,(H,26,29). The highest BCUT2D eigenvalue weighted by molar-refractivity contribution is 7.89. The van der Waals surface area contributed by atoms with E-state index in [9.17, 15) is 18.0 Å². The second-order valence-corrected chi connectivity index (χ2v) is 10.1. The normalized spacial score (nSPS) is 13.2. The van der Waals surface area contributed by atoms with Crippen LogP contribution in [0.25, 0.3) is 10.8 Å². The molecule has 0 spiro atoms. The van der Waals surface area contributed by atoms with E-state index in [0.29, 0.717) is 29.9 Å². The average Bonchev–Trinajstić information content (AvgIpc) is 3.11. The Morgan fingerprint density at radius 3 is 2.42 bits per heavy atom. The van der Waals surface area contributed by atoms with E-state index < -0.39 is 10.0 Å². The lowest BCUT2D eigenvalue weighted by Gasteiger charge is -2.17. The summed E-state index contributed by atoms with van der Waals surface area (Å²) in [5.74, 6) is -0.391. The minimum atomic E-state index is -3.59. The van der Waals surface area contributed by atoms with Crippen molar-refractivity contribution in [2.24, 2.45) is 0 Å². The van der Waals surface area contributed by atoms with Gasteiger partial charge >= 0.3 is 0 Å². The first kappa shape index (κ1) is 22.9. The number of rotatable bonds is 8. The van der Waals surface area contributed by atoms with Crippen molar-refractivity contribution in [1.82, 2.24) is 4.31 Å². The zero-order valence-corrected chi connectivity index (χ0v) is 19.8. The molecular weight excluding hydrogens is 438 g/mol. The first-order valence-corrected chi connectivity index (χ1v) is 12.5. The Morgan fingerprint density at radius 1 is 1.03 bits per heavy atom. The van der Waals surface area contributed by atoms with E-state index in [1.165, 1.54) is 28.6 Å². The van der Waals surface area contributed by atoms with Crippen molar-refractivity contribution in [2.45, 2.75) is 31.6 Å². The van der Waals surface area contributed by atoms with Crippen molar-refractivity contribution in [1.29, 1.82) is 0 Å². The number of nitrogens with one attached hydrogen (secondary N) is 1. The number of unbranched alkanes of at least 4 members (excludes halogenated alkanes) is 1. The maximum absolute atomic E-state index is 12.9. The van der Waals surface area contributed by atoms with Gasteiger partial charge in [0.1, 0.15) is 0 Å². The highest BCUT2D eigenvalue weighted by atomic mass is 32.2. The number of carbonyl (C=O) groups is 2. The Balaban J connectivity index is 1.59. The van der Waals surface area contributed by atoms with Gasteiger partial charge in [0, 0.05) is 47.7 Å². The van der Waals surface area contributed by atoms with E-state index in [1.54, 1.807) is 24.1 Å². The van der Waals surface area contributed by atoms with Crippen LogP contribution >= 0.6 is 0 Å². The van der Waals surface area contributed by atoms with Crippen LogP contribution in [-0.4, -0.2) is 44.7 Å². The van der Waals surface area contributed by atoms with Crippen molar-refractivity contribution >= 4 is 44.0 Å². The molecule has 8 heteroatoms. The summed E-state index contributed by atoms with van der Waals surface area (Å²) in [7, 11) is -2.03. The Kier molecular flexibility index (Phi) is 6.23. The number of sulfonamides is 1. The van der Waals surface area contributed by atoms with E-state index in [0.717, 1.165) is 29.3 Å². The molecule has 0 aliphatic carbocycles. The van der Waals surface area contributed by atoms with E-state index in [-0.39, 0.29) is 16.7 Å². The molecule has 7 nitrogen and oxygen atoms in total. The summed E-state index contributed by atoms with van der Waals surface area (Å²) in [6, 6.07) is 15.1. The first-order chi connectivity index (χ1) is 15.8. The molecule has 33 heavy (non-hydrogen) atoms. The van der Waals surface area contributed by atoms with E-state index in [4.69, 9.17) is 0 Å². The maximum Gasteiger partial charge on any atom is 0.258 e. The predicted octanol–water partition coefficient (Wildman–Crippen LogP) is 4.49. The summed E-state index contributed by atoms with van der Waals surface area (Å²) in [5.41, 5.74) is 2.41. The molecule has 1 heterocycles. The molecule has 0 saturated carbocycles. The Bertz CT molecular complexity index is 1330. The third-order valence-corrected chi connectivity index (χ3v) is 7.87. The zero-order valence-electron chi connectivity index (χ0n) is 19.0. The molecular formula is C25H27N3O4S. The number of amides is 2. The summed E-state index contributed by atoms with van der Waals surface area (Å²) in [4.78, 5) is 27.5. The monoisotopic (exact) mass is 465 g/mol. The lowest BCUT2D eigenvalue weighted by molar-refractivity contribution is 0.0992. The van der Waals surface area contributed by atoms with Crippen molar-refractivity contribution in [2.75, 3.05) is 30.4 Å². The van der Waals surface area contributed by atoms with Crippen molar-refractivity contribution in [3.63, 3.8) is 0 Å². The Labute approximate surface area is 194 Å². The molecule has 2 amide bonds. The lowest BCUT2D eigenvalue weighted by Crippen LogP contribution is -2.28. The fourth-order valence-corrected chi connectivity index (χ4v) is 5.33. The van der Waals surface area contributed by atoms with Crippen LogP contribution in [0.15, 0.2) is 59.5 Å². The van der Waals surface area contributed by atoms with Gasteiger partial charge in [-0.05, 0) is 55.8 Å². The van der Waals surface area contributed by atoms with Crippen LogP contribution in [0.2, 0.25) is 0 Å². The molecule has 1 N–H and O–H groups in total. The third kappa shape index (κ3) is 4.00. The first-order valence-electron chi connectivity index (χ1n) is 11.0. The van der Waals surface area contributed by atoms with Gasteiger partial charge in [-0.1, -0.05) is 25.5 Å². The van der Waals surface area contributed by atoms with Crippen molar-refractivity contribution < 1.29 is 18.0 Å². The van der Waals surface area contributed by atoms with Crippen LogP contribution < -0.4 is 10.2 Å². The van der Waals surface area contributed by atoms with Crippen LogP contribution in [0.4, 0.5) is 11.4 Å².